The largest absolute Gasteiger partial charge is 0.396 e. The number of H-pyrrole nitrogens is 1. The maximum absolute atomic E-state index is 13.4. The minimum atomic E-state index is -0.835. The van der Waals surface area contributed by atoms with Crippen molar-refractivity contribution in [2.75, 3.05) is 13.2 Å². The van der Waals surface area contributed by atoms with Gasteiger partial charge in [-0.1, -0.05) is 84.4 Å². The normalized spacial score (nSPS) is 20.4. The lowest BCUT2D eigenvalue weighted by atomic mass is 9.92. The number of aliphatic hydroxyl groups is 2. The van der Waals surface area contributed by atoms with Crippen LogP contribution in [0.25, 0.3) is 23.1 Å². The Morgan fingerprint density at radius 1 is 1.05 bits per heavy atom. The summed E-state index contributed by atoms with van der Waals surface area (Å²) in [4.78, 5) is 22.8. The molecule has 5 rings (SSSR count). The fourth-order valence-electron chi connectivity index (χ4n) is 5.35. The summed E-state index contributed by atoms with van der Waals surface area (Å²) in [5, 5.41) is 26.3. The Kier molecular flexibility index (Phi) is 8.77. The van der Waals surface area contributed by atoms with E-state index in [2.05, 4.69) is 59.7 Å². The van der Waals surface area contributed by atoms with Gasteiger partial charge in [-0.25, -0.2) is 0 Å². The van der Waals surface area contributed by atoms with Gasteiger partial charge in [0, 0.05) is 29.6 Å². The van der Waals surface area contributed by atoms with E-state index in [4.69, 9.17) is 4.84 Å². The molecular weight excluding hydrogens is 502 g/mol. The van der Waals surface area contributed by atoms with Crippen LogP contribution in [0.4, 0.5) is 0 Å². The van der Waals surface area contributed by atoms with Crippen molar-refractivity contribution in [1.82, 2.24) is 15.4 Å². The van der Waals surface area contributed by atoms with Crippen LogP contribution in [0.2, 0.25) is 0 Å². The summed E-state index contributed by atoms with van der Waals surface area (Å²) in [6, 6.07) is 23.8. The number of aryl methyl sites for hydroxylation is 1. The molecule has 1 saturated heterocycles. The first kappa shape index (κ1) is 27.8. The van der Waals surface area contributed by atoms with Gasteiger partial charge in [0.05, 0.1) is 19.3 Å². The van der Waals surface area contributed by atoms with Gasteiger partial charge in [-0.15, -0.1) is 0 Å². The van der Waals surface area contributed by atoms with Gasteiger partial charge >= 0.3 is 0 Å². The van der Waals surface area contributed by atoms with Crippen molar-refractivity contribution in [1.29, 1.82) is 0 Å². The summed E-state index contributed by atoms with van der Waals surface area (Å²) in [6.07, 6.45) is 5.28. The molecule has 0 aliphatic carbocycles. The summed E-state index contributed by atoms with van der Waals surface area (Å²) in [6.45, 7) is 4.22. The third-order valence-electron chi connectivity index (χ3n) is 7.58. The molecule has 208 valence electrons. The smallest absolute Gasteiger partial charge is 0.240 e. The number of aromatic amines is 1. The molecule has 4 N–H and O–H groups in total. The van der Waals surface area contributed by atoms with Gasteiger partial charge in [0.25, 0.3) is 0 Å². The molecule has 0 unspecified atom stereocenters. The average molecular weight is 540 g/mol. The quantitative estimate of drug-likeness (QED) is 0.223. The lowest BCUT2D eigenvalue weighted by Gasteiger charge is -2.24. The molecule has 0 bridgehead atoms. The minimum Gasteiger partial charge on any atom is -0.396 e. The molecule has 1 aliphatic heterocycles. The number of hydrogen-bond acceptors (Lipinski definition) is 5. The highest BCUT2D eigenvalue weighted by Gasteiger charge is 2.48. The number of benzene rings is 3. The molecule has 0 saturated carbocycles. The number of nitrogens with zero attached hydrogens (tertiary/aromatic N) is 1. The maximum Gasteiger partial charge on any atom is 0.240 e. The third kappa shape index (κ3) is 6.35. The molecule has 1 amide bonds. The number of fused-ring (bicyclic) bond motifs is 1. The van der Waals surface area contributed by atoms with E-state index < -0.39 is 24.2 Å². The lowest BCUT2D eigenvalue weighted by Crippen LogP contribution is -2.48. The van der Waals surface area contributed by atoms with E-state index in [-0.39, 0.29) is 12.5 Å². The molecular formula is C33H37N3O4. The Bertz CT molecular complexity index is 1440. The zero-order valence-electron chi connectivity index (χ0n) is 23.0. The first-order valence-electron chi connectivity index (χ1n) is 13.8. The van der Waals surface area contributed by atoms with Gasteiger partial charge in [-0.2, -0.15) is 5.06 Å². The molecule has 4 atom stereocenters. The van der Waals surface area contributed by atoms with Gasteiger partial charge in [-0.3, -0.25) is 9.63 Å². The zero-order valence-corrected chi connectivity index (χ0v) is 23.0. The van der Waals surface area contributed by atoms with Crippen molar-refractivity contribution in [2.45, 2.75) is 45.1 Å². The van der Waals surface area contributed by atoms with Crippen LogP contribution >= 0.6 is 0 Å². The number of hydrogen-bond donors (Lipinski definition) is 4. The Balaban J connectivity index is 1.25. The first-order valence-corrected chi connectivity index (χ1v) is 13.8. The monoisotopic (exact) mass is 539 g/mol. The number of para-hydroxylation sites is 1. The number of carbonyl (C=O) groups is 1. The van der Waals surface area contributed by atoms with Gasteiger partial charge in [0.2, 0.25) is 5.91 Å². The summed E-state index contributed by atoms with van der Waals surface area (Å²) >= 11 is 0. The number of carbonyl (C=O) groups excluding carboxylic acids is 1. The van der Waals surface area contributed by atoms with E-state index in [0.29, 0.717) is 19.5 Å². The van der Waals surface area contributed by atoms with Gasteiger partial charge in [0.15, 0.2) is 0 Å². The molecule has 3 aromatic carbocycles. The van der Waals surface area contributed by atoms with E-state index >= 15 is 0 Å². The number of aliphatic hydroxyl groups excluding tert-OH is 2. The highest BCUT2D eigenvalue weighted by molar-refractivity contribution is 5.84. The van der Waals surface area contributed by atoms with Crippen LogP contribution in [0.5, 0.6) is 0 Å². The number of aromatic nitrogens is 1. The predicted molar refractivity (Wildman–Crippen MR) is 158 cm³/mol. The number of rotatable bonds is 10. The standard InChI is InChI=1S/C33H37N3O4/c1-22-7-9-24(10-8-22)11-12-25-13-15-26(16-14-25)20-36-31(29(21-37)32(40-36)23(2)38)33(39)34-18-17-27-19-35-30-6-4-3-5-28(27)30/h3-16,19,23,29,31-32,35,37-38H,17-18,20-21H2,1-2H3,(H,34,39)/t23-,29-,31-,32-/m0/s1. The van der Waals surface area contributed by atoms with Crippen molar-refractivity contribution in [3.05, 3.63) is 107 Å². The van der Waals surface area contributed by atoms with E-state index in [0.717, 1.165) is 33.2 Å². The van der Waals surface area contributed by atoms with E-state index in [1.165, 1.54) is 5.56 Å². The second kappa shape index (κ2) is 12.6. The van der Waals surface area contributed by atoms with E-state index in [1.807, 2.05) is 48.7 Å². The third-order valence-corrected chi connectivity index (χ3v) is 7.58. The molecule has 7 nitrogen and oxygen atoms in total. The van der Waals surface area contributed by atoms with Crippen LogP contribution in [-0.4, -0.2) is 57.6 Å². The van der Waals surface area contributed by atoms with Gasteiger partial charge in [-0.05, 0) is 48.6 Å². The summed E-state index contributed by atoms with van der Waals surface area (Å²) in [5.41, 5.74) is 6.59. The zero-order chi connectivity index (χ0) is 28.1. The van der Waals surface area contributed by atoms with Gasteiger partial charge in [0.1, 0.15) is 12.1 Å². The molecule has 1 aliphatic rings. The molecule has 0 spiro atoms. The van der Waals surface area contributed by atoms with Crippen LogP contribution in [0.15, 0.2) is 79.0 Å². The van der Waals surface area contributed by atoms with E-state index in [9.17, 15) is 15.0 Å². The van der Waals surface area contributed by atoms with Crippen LogP contribution in [0, 0.1) is 12.8 Å². The second-order valence-electron chi connectivity index (χ2n) is 10.6. The SMILES string of the molecule is Cc1ccc(C=Cc2ccc(CN3O[C@@H]([C@H](C)O)[C@@H](CO)[C@H]3C(=O)NCCc3c[nH]c4ccccc34)cc2)cc1. The van der Waals surface area contributed by atoms with Crippen LogP contribution in [0.3, 0.4) is 0 Å². The molecule has 2 heterocycles. The number of nitrogens with one attached hydrogen (secondary N) is 2. The molecule has 1 fully saturated rings. The topological polar surface area (TPSA) is 97.8 Å². The number of hydroxylamine groups is 2. The molecule has 7 heteroatoms. The van der Waals surface area contributed by atoms with Crippen molar-refractivity contribution in [3.8, 4) is 0 Å². The Labute approximate surface area is 235 Å². The van der Waals surface area contributed by atoms with Crippen molar-refractivity contribution in [2.24, 2.45) is 5.92 Å². The highest BCUT2D eigenvalue weighted by Crippen LogP contribution is 2.31. The predicted octanol–water partition coefficient (Wildman–Crippen LogP) is 4.48. The lowest BCUT2D eigenvalue weighted by molar-refractivity contribution is -0.192. The van der Waals surface area contributed by atoms with Crippen molar-refractivity contribution in [3.63, 3.8) is 0 Å². The molecule has 0 radical (unpaired) electrons. The first-order chi connectivity index (χ1) is 19.4. The average Bonchev–Trinajstić information content (AvgIpc) is 3.55. The second-order valence-corrected chi connectivity index (χ2v) is 10.6. The summed E-state index contributed by atoms with van der Waals surface area (Å²) in [5.74, 6) is -0.774. The van der Waals surface area contributed by atoms with Crippen LogP contribution in [0.1, 0.15) is 34.7 Å². The summed E-state index contributed by atoms with van der Waals surface area (Å²) < 4.78 is 0. The Morgan fingerprint density at radius 2 is 1.73 bits per heavy atom. The van der Waals surface area contributed by atoms with E-state index in [1.54, 1.807) is 12.0 Å². The number of amides is 1. The Morgan fingerprint density at radius 3 is 2.40 bits per heavy atom. The van der Waals surface area contributed by atoms with Crippen molar-refractivity contribution < 1.29 is 19.8 Å². The van der Waals surface area contributed by atoms with Gasteiger partial charge < -0.3 is 20.5 Å². The molecule has 4 aromatic rings. The minimum absolute atomic E-state index is 0.223. The summed E-state index contributed by atoms with van der Waals surface area (Å²) in [7, 11) is 0. The Hall–Kier alpha value is -3.75. The molecule has 40 heavy (non-hydrogen) atoms. The van der Waals surface area contributed by atoms with Crippen LogP contribution < -0.4 is 5.32 Å². The van der Waals surface area contributed by atoms with Crippen LogP contribution in [-0.2, 0) is 22.6 Å². The van der Waals surface area contributed by atoms with Crippen molar-refractivity contribution >= 4 is 29.0 Å². The maximum atomic E-state index is 13.4. The fourth-order valence-corrected chi connectivity index (χ4v) is 5.35. The molecule has 1 aromatic heterocycles. The highest BCUT2D eigenvalue weighted by atomic mass is 16.7. The fraction of sp³-hybridized carbons (Fsp3) is 0.303.